The van der Waals surface area contributed by atoms with E-state index in [-0.39, 0.29) is 18.3 Å². The van der Waals surface area contributed by atoms with Crippen molar-refractivity contribution in [3.05, 3.63) is 54.0 Å². The van der Waals surface area contributed by atoms with Crippen molar-refractivity contribution in [3.63, 3.8) is 0 Å². The van der Waals surface area contributed by atoms with Crippen LogP contribution in [0.2, 0.25) is 0 Å². The molecular weight excluding hydrogens is 282 g/mol. The monoisotopic (exact) mass is 303 g/mol. The third-order valence-corrected chi connectivity index (χ3v) is 3.32. The summed E-state index contributed by atoms with van der Waals surface area (Å²) in [6.07, 6.45) is 2.28. The number of carbonyl (C=O) groups is 1. The molecular formula is C17H21NO4. The summed E-state index contributed by atoms with van der Waals surface area (Å²) in [6, 6.07) is 11.1. The predicted molar refractivity (Wildman–Crippen MR) is 82.7 cm³/mol. The van der Waals surface area contributed by atoms with Crippen LogP contribution >= 0.6 is 0 Å². The molecule has 0 aliphatic rings. The zero-order chi connectivity index (χ0) is 15.8. The summed E-state index contributed by atoms with van der Waals surface area (Å²) in [5, 5.41) is 12.2. The van der Waals surface area contributed by atoms with Crippen molar-refractivity contribution >= 4 is 5.91 Å². The first-order chi connectivity index (χ1) is 10.7. The van der Waals surface area contributed by atoms with Gasteiger partial charge in [0.25, 0.3) is 5.91 Å². The molecule has 1 atom stereocenters. The van der Waals surface area contributed by atoms with Gasteiger partial charge in [-0.3, -0.25) is 4.79 Å². The number of ether oxygens (including phenoxy) is 1. The van der Waals surface area contributed by atoms with E-state index in [0.717, 1.165) is 5.75 Å². The maximum atomic E-state index is 12.1. The Bertz CT molecular complexity index is 579. The number of carbonyl (C=O) groups excluding carboxylic acids is 1. The first-order valence-electron chi connectivity index (χ1n) is 7.41. The van der Waals surface area contributed by atoms with Crippen molar-refractivity contribution in [1.29, 1.82) is 0 Å². The fourth-order valence-corrected chi connectivity index (χ4v) is 1.96. The number of aliphatic hydroxyl groups excluding tert-OH is 1. The fourth-order valence-electron chi connectivity index (χ4n) is 1.96. The smallest absolute Gasteiger partial charge is 0.287 e. The number of para-hydroxylation sites is 1. The van der Waals surface area contributed by atoms with E-state index in [0.29, 0.717) is 24.9 Å². The second kappa shape index (κ2) is 8.24. The molecule has 0 bridgehead atoms. The van der Waals surface area contributed by atoms with Gasteiger partial charge in [-0.1, -0.05) is 25.1 Å². The van der Waals surface area contributed by atoms with Crippen LogP contribution in [0.3, 0.4) is 0 Å². The largest absolute Gasteiger partial charge is 0.489 e. The van der Waals surface area contributed by atoms with Crippen LogP contribution in [0, 0.1) is 0 Å². The Balaban J connectivity index is 1.87. The van der Waals surface area contributed by atoms with Gasteiger partial charge < -0.3 is 19.6 Å². The van der Waals surface area contributed by atoms with Gasteiger partial charge in [-0.05, 0) is 31.0 Å². The van der Waals surface area contributed by atoms with Gasteiger partial charge in [-0.15, -0.1) is 0 Å². The lowest BCUT2D eigenvalue weighted by atomic mass is 10.2. The molecule has 0 radical (unpaired) electrons. The quantitative estimate of drug-likeness (QED) is 0.786. The number of hydrogen-bond acceptors (Lipinski definition) is 4. The summed E-state index contributed by atoms with van der Waals surface area (Å²) in [5.74, 6) is 0.697. The average Bonchev–Trinajstić information content (AvgIpc) is 3.02. The molecule has 2 N–H and O–H groups in total. The second-order valence-corrected chi connectivity index (χ2v) is 4.98. The zero-order valence-electron chi connectivity index (χ0n) is 12.6. The number of furan rings is 1. The van der Waals surface area contributed by atoms with Crippen molar-refractivity contribution in [2.24, 2.45) is 0 Å². The van der Waals surface area contributed by atoms with Crippen LogP contribution in [-0.4, -0.2) is 23.7 Å². The third kappa shape index (κ3) is 4.63. The number of aliphatic hydroxyl groups is 1. The lowest BCUT2D eigenvalue weighted by Gasteiger charge is -2.09. The number of amides is 1. The van der Waals surface area contributed by atoms with Crippen LogP contribution < -0.4 is 10.1 Å². The minimum atomic E-state index is -0.391. The van der Waals surface area contributed by atoms with Gasteiger partial charge >= 0.3 is 0 Å². The summed E-state index contributed by atoms with van der Waals surface area (Å²) in [7, 11) is 0. The van der Waals surface area contributed by atoms with Gasteiger partial charge in [0.05, 0.1) is 12.4 Å². The van der Waals surface area contributed by atoms with Gasteiger partial charge in [0.15, 0.2) is 5.76 Å². The Morgan fingerprint density at radius 1 is 1.32 bits per heavy atom. The SMILES string of the molecule is CCC(O)CCNC(=O)c1occc1COc1ccccc1. The van der Waals surface area contributed by atoms with Crippen molar-refractivity contribution in [1.82, 2.24) is 5.32 Å². The Morgan fingerprint density at radius 2 is 2.09 bits per heavy atom. The molecule has 1 aromatic heterocycles. The molecule has 5 heteroatoms. The molecule has 0 aliphatic carbocycles. The minimum Gasteiger partial charge on any atom is -0.489 e. The Morgan fingerprint density at radius 3 is 2.82 bits per heavy atom. The molecule has 1 aromatic carbocycles. The predicted octanol–water partition coefficient (Wildman–Crippen LogP) is 2.75. The molecule has 1 amide bonds. The standard InChI is InChI=1S/C17H21NO4/c1-2-14(19)8-10-18-17(20)16-13(9-11-21-16)12-22-15-6-4-3-5-7-15/h3-7,9,11,14,19H,2,8,10,12H2,1H3,(H,18,20). The second-order valence-electron chi connectivity index (χ2n) is 4.98. The van der Waals surface area contributed by atoms with Gasteiger partial charge in [0.1, 0.15) is 12.4 Å². The van der Waals surface area contributed by atoms with Gasteiger partial charge in [0, 0.05) is 12.1 Å². The normalized spacial score (nSPS) is 11.9. The van der Waals surface area contributed by atoms with Crippen LogP contribution in [0.15, 0.2) is 47.1 Å². The summed E-state index contributed by atoms with van der Waals surface area (Å²) in [5.41, 5.74) is 0.692. The first kappa shape index (κ1) is 16.1. The maximum absolute atomic E-state index is 12.1. The van der Waals surface area contributed by atoms with E-state index in [2.05, 4.69) is 5.32 Å². The molecule has 0 saturated carbocycles. The summed E-state index contributed by atoms with van der Waals surface area (Å²) < 4.78 is 10.9. The highest BCUT2D eigenvalue weighted by Gasteiger charge is 2.15. The van der Waals surface area contributed by atoms with Crippen LogP contribution in [0.4, 0.5) is 0 Å². The molecule has 118 valence electrons. The van der Waals surface area contributed by atoms with E-state index in [1.54, 1.807) is 6.07 Å². The van der Waals surface area contributed by atoms with E-state index < -0.39 is 6.10 Å². The molecule has 0 spiro atoms. The van der Waals surface area contributed by atoms with E-state index in [1.807, 2.05) is 37.3 Å². The molecule has 5 nitrogen and oxygen atoms in total. The number of nitrogens with one attached hydrogen (secondary N) is 1. The van der Waals surface area contributed by atoms with Crippen molar-refractivity contribution in [2.75, 3.05) is 6.54 Å². The molecule has 22 heavy (non-hydrogen) atoms. The number of rotatable bonds is 8. The highest BCUT2D eigenvalue weighted by atomic mass is 16.5. The van der Waals surface area contributed by atoms with E-state index in [1.165, 1.54) is 6.26 Å². The molecule has 1 unspecified atom stereocenters. The summed E-state index contributed by atoms with van der Waals surface area (Å²) in [4.78, 5) is 12.1. The van der Waals surface area contributed by atoms with E-state index in [9.17, 15) is 9.90 Å². The van der Waals surface area contributed by atoms with Gasteiger partial charge in [-0.2, -0.15) is 0 Å². The number of benzene rings is 1. The Labute approximate surface area is 129 Å². The molecule has 0 saturated heterocycles. The molecule has 2 aromatic rings. The average molecular weight is 303 g/mol. The lowest BCUT2D eigenvalue weighted by molar-refractivity contribution is 0.0911. The lowest BCUT2D eigenvalue weighted by Crippen LogP contribution is -2.27. The Kier molecular flexibility index (Phi) is 6.03. The summed E-state index contributed by atoms with van der Waals surface area (Å²) in [6.45, 7) is 2.58. The summed E-state index contributed by atoms with van der Waals surface area (Å²) >= 11 is 0. The first-order valence-corrected chi connectivity index (χ1v) is 7.41. The van der Waals surface area contributed by atoms with Gasteiger partial charge in [0.2, 0.25) is 0 Å². The zero-order valence-corrected chi connectivity index (χ0v) is 12.6. The molecule has 0 aliphatic heterocycles. The highest BCUT2D eigenvalue weighted by molar-refractivity contribution is 5.92. The van der Waals surface area contributed by atoms with E-state index in [4.69, 9.17) is 9.15 Å². The van der Waals surface area contributed by atoms with Crippen LogP contribution in [-0.2, 0) is 6.61 Å². The van der Waals surface area contributed by atoms with Gasteiger partial charge in [-0.25, -0.2) is 0 Å². The van der Waals surface area contributed by atoms with Crippen molar-refractivity contribution in [2.45, 2.75) is 32.5 Å². The van der Waals surface area contributed by atoms with Crippen LogP contribution in [0.5, 0.6) is 5.75 Å². The van der Waals surface area contributed by atoms with Crippen molar-refractivity contribution < 1.29 is 19.1 Å². The maximum Gasteiger partial charge on any atom is 0.287 e. The van der Waals surface area contributed by atoms with E-state index >= 15 is 0 Å². The third-order valence-electron chi connectivity index (χ3n) is 3.32. The van der Waals surface area contributed by atoms with Crippen LogP contribution in [0.1, 0.15) is 35.9 Å². The Hall–Kier alpha value is -2.27. The molecule has 1 heterocycles. The highest BCUT2D eigenvalue weighted by Crippen LogP contribution is 2.15. The number of hydrogen-bond donors (Lipinski definition) is 2. The molecule has 0 fully saturated rings. The fraction of sp³-hybridized carbons (Fsp3) is 0.353. The van der Waals surface area contributed by atoms with Crippen LogP contribution in [0.25, 0.3) is 0 Å². The molecule has 2 rings (SSSR count). The minimum absolute atomic E-state index is 0.252. The topological polar surface area (TPSA) is 71.7 Å². The van der Waals surface area contributed by atoms with Crippen molar-refractivity contribution in [3.8, 4) is 5.75 Å².